The van der Waals surface area contributed by atoms with Crippen LogP contribution in [0, 0.1) is 0 Å². The van der Waals surface area contributed by atoms with Crippen molar-refractivity contribution in [3.63, 3.8) is 0 Å². The summed E-state index contributed by atoms with van der Waals surface area (Å²) in [6, 6.07) is 9.78. The Bertz CT molecular complexity index is 682. The van der Waals surface area contributed by atoms with Gasteiger partial charge in [0.1, 0.15) is 5.37 Å². The summed E-state index contributed by atoms with van der Waals surface area (Å²) in [6.45, 7) is 0.592. The van der Waals surface area contributed by atoms with Gasteiger partial charge >= 0.3 is 0 Å². The van der Waals surface area contributed by atoms with Crippen molar-refractivity contribution in [1.82, 2.24) is 4.90 Å². The van der Waals surface area contributed by atoms with E-state index in [0.29, 0.717) is 12.3 Å². The number of rotatable bonds is 0. The zero-order chi connectivity index (χ0) is 13.7. The number of aliphatic hydroxyl groups excluding tert-OH is 1. The van der Waals surface area contributed by atoms with Gasteiger partial charge in [-0.3, -0.25) is 4.79 Å². The minimum absolute atomic E-state index is 0.0311. The molecule has 5 heteroatoms. The number of aliphatic hydroxyl groups is 1. The van der Waals surface area contributed by atoms with E-state index in [0.717, 1.165) is 21.6 Å². The van der Waals surface area contributed by atoms with Crippen LogP contribution in [0.3, 0.4) is 0 Å². The van der Waals surface area contributed by atoms with Crippen molar-refractivity contribution in [1.29, 1.82) is 0 Å². The van der Waals surface area contributed by atoms with Crippen molar-refractivity contribution in [2.24, 2.45) is 0 Å². The van der Waals surface area contributed by atoms with Crippen LogP contribution >= 0.6 is 23.1 Å². The predicted octanol–water partition coefficient (Wildman–Crippen LogP) is 3.18. The van der Waals surface area contributed by atoms with Crippen LogP contribution in [0.4, 0.5) is 0 Å². The summed E-state index contributed by atoms with van der Waals surface area (Å²) in [5, 5.41) is 12.3. The lowest BCUT2D eigenvalue weighted by molar-refractivity contribution is 0.0758. The number of carbonyl (C=O) groups is 1. The Morgan fingerprint density at radius 3 is 2.95 bits per heavy atom. The molecule has 0 fully saturated rings. The van der Waals surface area contributed by atoms with Gasteiger partial charge in [-0.15, -0.1) is 23.1 Å². The van der Waals surface area contributed by atoms with E-state index in [4.69, 9.17) is 0 Å². The molecule has 20 heavy (non-hydrogen) atoms. The number of hydrogen-bond donors (Lipinski definition) is 1. The quantitative estimate of drug-likeness (QED) is 0.812. The molecule has 3 heterocycles. The monoisotopic (exact) mass is 303 g/mol. The number of carbonyl (C=O) groups excluding carboxylic acids is 1. The van der Waals surface area contributed by atoms with Gasteiger partial charge in [0.2, 0.25) is 0 Å². The summed E-state index contributed by atoms with van der Waals surface area (Å²) in [5.74, 6) is 0.723. The van der Waals surface area contributed by atoms with Crippen LogP contribution in [-0.2, 0) is 6.54 Å². The van der Waals surface area contributed by atoms with Gasteiger partial charge in [-0.2, -0.15) is 0 Å². The number of nitrogens with zero attached hydrogens (tertiary/aromatic N) is 1. The molecule has 0 radical (unpaired) electrons. The van der Waals surface area contributed by atoms with Crippen molar-refractivity contribution in [2.45, 2.75) is 18.0 Å². The van der Waals surface area contributed by atoms with E-state index in [2.05, 4.69) is 0 Å². The molecule has 2 aromatic rings. The van der Waals surface area contributed by atoms with E-state index >= 15 is 0 Å². The lowest BCUT2D eigenvalue weighted by atomic mass is 10.1. The van der Waals surface area contributed by atoms with Gasteiger partial charge in [0.05, 0.1) is 12.6 Å². The first kappa shape index (κ1) is 12.4. The van der Waals surface area contributed by atoms with E-state index in [9.17, 15) is 9.90 Å². The molecule has 2 aliphatic rings. The molecule has 0 saturated heterocycles. The summed E-state index contributed by atoms with van der Waals surface area (Å²) in [5.41, 5.74) is 2.86. The van der Waals surface area contributed by atoms with E-state index < -0.39 is 6.10 Å². The van der Waals surface area contributed by atoms with Crippen LogP contribution in [0.15, 0.2) is 35.7 Å². The number of amides is 1. The summed E-state index contributed by atoms with van der Waals surface area (Å²) < 4.78 is 0. The summed E-state index contributed by atoms with van der Waals surface area (Å²) in [4.78, 5) is 15.6. The third-order valence-corrected chi connectivity index (χ3v) is 6.12. The number of benzene rings is 1. The van der Waals surface area contributed by atoms with Gasteiger partial charge in [-0.05, 0) is 28.6 Å². The molecule has 0 unspecified atom stereocenters. The Kier molecular flexibility index (Phi) is 2.87. The average Bonchev–Trinajstić information content (AvgIpc) is 3.01. The fourth-order valence-corrected chi connectivity index (χ4v) is 5.09. The molecule has 4 rings (SSSR count). The van der Waals surface area contributed by atoms with Crippen molar-refractivity contribution in [3.8, 4) is 0 Å². The SMILES string of the molecule is O=C1c2ccccc2[C@H]2SC[C@H](O)c3ccsc3CN12. The van der Waals surface area contributed by atoms with E-state index in [-0.39, 0.29) is 11.3 Å². The number of hydrogen-bond acceptors (Lipinski definition) is 4. The molecular weight excluding hydrogens is 290 g/mol. The van der Waals surface area contributed by atoms with Crippen LogP contribution in [-0.4, -0.2) is 21.7 Å². The zero-order valence-electron chi connectivity index (χ0n) is 10.7. The topological polar surface area (TPSA) is 40.5 Å². The van der Waals surface area contributed by atoms with Crippen molar-refractivity contribution >= 4 is 29.0 Å². The highest BCUT2D eigenvalue weighted by Gasteiger charge is 2.39. The van der Waals surface area contributed by atoms with Gasteiger partial charge in [-0.1, -0.05) is 18.2 Å². The van der Waals surface area contributed by atoms with Gasteiger partial charge in [0.15, 0.2) is 0 Å². The second-order valence-corrected chi connectivity index (χ2v) is 7.13. The Balaban J connectivity index is 1.80. The second-order valence-electron chi connectivity index (χ2n) is 5.02. The Hall–Kier alpha value is -1.30. The van der Waals surface area contributed by atoms with Gasteiger partial charge < -0.3 is 10.0 Å². The van der Waals surface area contributed by atoms with Crippen molar-refractivity contribution < 1.29 is 9.90 Å². The van der Waals surface area contributed by atoms with Gasteiger partial charge in [0.25, 0.3) is 5.91 Å². The van der Waals surface area contributed by atoms with Crippen LogP contribution in [0.2, 0.25) is 0 Å². The number of fused-ring (bicyclic) bond motifs is 4. The summed E-state index contributed by atoms with van der Waals surface area (Å²) >= 11 is 3.27. The third-order valence-electron chi connectivity index (χ3n) is 3.87. The smallest absolute Gasteiger partial charge is 0.255 e. The Morgan fingerprint density at radius 1 is 1.20 bits per heavy atom. The molecule has 0 aliphatic carbocycles. The third kappa shape index (κ3) is 1.74. The Morgan fingerprint density at radius 2 is 2.05 bits per heavy atom. The molecule has 2 atom stereocenters. The maximum atomic E-state index is 12.6. The molecule has 0 bridgehead atoms. The first-order chi connectivity index (χ1) is 9.75. The second kappa shape index (κ2) is 4.62. The molecule has 1 aromatic carbocycles. The highest BCUT2D eigenvalue weighted by Crippen LogP contribution is 2.46. The molecule has 3 nitrogen and oxygen atoms in total. The fourth-order valence-electron chi connectivity index (χ4n) is 2.87. The molecular formula is C15H13NO2S2. The maximum Gasteiger partial charge on any atom is 0.255 e. The lowest BCUT2D eigenvalue weighted by Crippen LogP contribution is -2.28. The van der Waals surface area contributed by atoms with Crippen LogP contribution in [0.5, 0.6) is 0 Å². The molecule has 1 aromatic heterocycles. The molecule has 2 aliphatic heterocycles. The normalized spacial score (nSPS) is 24.6. The lowest BCUT2D eigenvalue weighted by Gasteiger charge is -2.28. The van der Waals surface area contributed by atoms with E-state index in [1.165, 1.54) is 0 Å². The first-order valence-corrected chi connectivity index (χ1v) is 8.44. The largest absolute Gasteiger partial charge is 0.388 e. The predicted molar refractivity (Wildman–Crippen MR) is 80.8 cm³/mol. The Labute approximate surface area is 125 Å². The minimum Gasteiger partial charge on any atom is -0.388 e. The number of thioether (sulfide) groups is 1. The molecule has 0 saturated carbocycles. The highest BCUT2D eigenvalue weighted by atomic mass is 32.2. The molecule has 102 valence electrons. The molecule has 1 N–H and O–H groups in total. The van der Waals surface area contributed by atoms with Crippen LogP contribution in [0.25, 0.3) is 0 Å². The average molecular weight is 303 g/mol. The molecule has 0 spiro atoms. The van der Waals surface area contributed by atoms with Gasteiger partial charge in [-0.25, -0.2) is 0 Å². The minimum atomic E-state index is -0.439. The first-order valence-electron chi connectivity index (χ1n) is 6.51. The number of thiophene rings is 1. The highest BCUT2D eigenvalue weighted by molar-refractivity contribution is 7.99. The fraction of sp³-hybridized carbons (Fsp3) is 0.267. The molecule has 1 amide bonds. The zero-order valence-corrected chi connectivity index (χ0v) is 12.3. The summed E-state index contributed by atoms with van der Waals surface area (Å²) in [7, 11) is 0. The van der Waals surface area contributed by atoms with E-state index in [1.54, 1.807) is 23.1 Å². The van der Waals surface area contributed by atoms with Crippen LogP contribution in [0.1, 0.15) is 37.8 Å². The van der Waals surface area contributed by atoms with Gasteiger partial charge in [0, 0.05) is 16.2 Å². The van der Waals surface area contributed by atoms with E-state index in [1.807, 2.05) is 40.6 Å². The standard InChI is InChI=1S/C15H13NO2S2/c17-12-8-20-15-10-4-2-1-3-9(10)14(18)16(15)7-13-11(12)5-6-19-13/h1-6,12,15,17H,7-8H2/t12-,15+/m0/s1. The van der Waals surface area contributed by atoms with Crippen LogP contribution < -0.4 is 0 Å². The summed E-state index contributed by atoms with van der Waals surface area (Å²) in [6.07, 6.45) is -0.439. The maximum absolute atomic E-state index is 12.6. The van der Waals surface area contributed by atoms with Crippen molar-refractivity contribution in [2.75, 3.05) is 5.75 Å². The van der Waals surface area contributed by atoms with Crippen molar-refractivity contribution in [3.05, 3.63) is 57.3 Å².